The molecule has 2 aromatic carbocycles. The van der Waals surface area contributed by atoms with Crippen LogP contribution in [-0.4, -0.2) is 17.6 Å². The van der Waals surface area contributed by atoms with Crippen LogP contribution in [0.3, 0.4) is 0 Å². The summed E-state index contributed by atoms with van der Waals surface area (Å²) in [6, 6.07) is 8.19. The fraction of sp³-hybridized carbons (Fsp3) is 0.100. The second kappa shape index (κ2) is 7.70. The Morgan fingerprint density at radius 1 is 1.26 bits per heavy atom. The Labute approximate surface area is 153 Å². The Morgan fingerprint density at radius 2 is 2.07 bits per heavy atom. The van der Waals surface area contributed by atoms with Gasteiger partial charge in [0.25, 0.3) is 0 Å². The second-order valence-electron chi connectivity index (χ2n) is 5.48. The Kier molecular flexibility index (Phi) is 5.18. The molecule has 7 heteroatoms. The van der Waals surface area contributed by atoms with Gasteiger partial charge in [0.05, 0.1) is 12.2 Å². The average molecular weight is 368 g/mol. The van der Waals surface area contributed by atoms with Gasteiger partial charge in [-0.1, -0.05) is 0 Å². The molecule has 0 aliphatic rings. The van der Waals surface area contributed by atoms with Crippen LogP contribution in [0.5, 0.6) is 11.5 Å². The molecule has 0 unspecified atom stereocenters. The number of carbonyl (C=O) groups excluding carboxylic acids is 1. The predicted molar refractivity (Wildman–Crippen MR) is 95.1 cm³/mol. The van der Waals surface area contributed by atoms with Gasteiger partial charge in [-0.3, -0.25) is 0 Å². The van der Waals surface area contributed by atoms with Gasteiger partial charge in [0.2, 0.25) is 0 Å². The molecule has 1 aromatic heterocycles. The van der Waals surface area contributed by atoms with Crippen molar-refractivity contribution in [2.45, 2.75) is 6.92 Å². The maximum atomic E-state index is 14.6. The molecule has 0 radical (unpaired) electrons. The fourth-order valence-corrected chi connectivity index (χ4v) is 2.56. The lowest BCUT2D eigenvalue weighted by molar-refractivity contribution is -0.137. The molecule has 3 rings (SSSR count). The zero-order valence-corrected chi connectivity index (χ0v) is 14.3. The number of ether oxygens (including phenoxy) is 2. The lowest BCUT2D eigenvalue weighted by Crippen LogP contribution is -1.99. The summed E-state index contributed by atoms with van der Waals surface area (Å²) in [5, 5.41) is 9.56. The van der Waals surface area contributed by atoms with E-state index >= 15 is 0 Å². The predicted octanol–water partition coefficient (Wildman–Crippen LogP) is 4.69. The molecule has 0 amide bonds. The van der Waals surface area contributed by atoms with Crippen LogP contribution >= 0.6 is 0 Å². The minimum atomic E-state index is -0.700. The van der Waals surface area contributed by atoms with Crippen LogP contribution in [0.15, 0.2) is 42.6 Å². The number of halogens is 2. The topological polar surface area (TPSA) is 75.1 Å². The Hall–Kier alpha value is -3.66. The molecule has 0 saturated carbocycles. The molecular formula is C20H14F2N2O3. The van der Waals surface area contributed by atoms with E-state index in [2.05, 4.69) is 4.98 Å². The summed E-state index contributed by atoms with van der Waals surface area (Å²) in [5.41, 5.74) is 0.599. The van der Waals surface area contributed by atoms with Crippen molar-refractivity contribution >= 4 is 22.9 Å². The van der Waals surface area contributed by atoms with Gasteiger partial charge in [-0.25, -0.2) is 13.6 Å². The fourth-order valence-electron chi connectivity index (χ4n) is 2.56. The van der Waals surface area contributed by atoms with Gasteiger partial charge in [0, 0.05) is 40.9 Å². The van der Waals surface area contributed by atoms with Crippen molar-refractivity contribution in [3.05, 3.63) is 65.4 Å². The average Bonchev–Trinajstić information content (AvgIpc) is 3.11. The number of benzene rings is 2. The van der Waals surface area contributed by atoms with Crippen LogP contribution in [0.25, 0.3) is 17.0 Å². The number of esters is 1. The summed E-state index contributed by atoms with van der Waals surface area (Å²) >= 11 is 0. The molecule has 3 aromatic rings. The molecule has 0 atom stereocenters. The first-order valence-electron chi connectivity index (χ1n) is 8.05. The van der Waals surface area contributed by atoms with E-state index in [0.29, 0.717) is 16.5 Å². The molecule has 0 saturated heterocycles. The third kappa shape index (κ3) is 3.80. The van der Waals surface area contributed by atoms with Gasteiger partial charge < -0.3 is 14.5 Å². The van der Waals surface area contributed by atoms with E-state index in [1.165, 1.54) is 30.4 Å². The van der Waals surface area contributed by atoms with Gasteiger partial charge >= 0.3 is 5.97 Å². The number of fused-ring (bicyclic) bond motifs is 1. The first-order valence-corrected chi connectivity index (χ1v) is 8.05. The molecule has 5 nitrogen and oxygen atoms in total. The Balaban J connectivity index is 2.08. The highest BCUT2D eigenvalue weighted by Gasteiger charge is 2.16. The van der Waals surface area contributed by atoms with E-state index in [9.17, 15) is 13.6 Å². The number of nitriles is 1. The molecular weight excluding hydrogens is 354 g/mol. The maximum absolute atomic E-state index is 14.6. The number of aromatic amines is 1. The Morgan fingerprint density at radius 3 is 2.81 bits per heavy atom. The summed E-state index contributed by atoms with van der Waals surface area (Å²) in [7, 11) is 0. The highest BCUT2D eigenvalue weighted by molar-refractivity contribution is 5.96. The van der Waals surface area contributed by atoms with Crippen molar-refractivity contribution in [3.63, 3.8) is 0 Å². The summed E-state index contributed by atoms with van der Waals surface area (Å²) < 4.78 is 38.6. The van der Waals surface area contributed by atoms with Crippen LogP contribution in [0.2, 0.25) is 0 Å². The van der Waals surface area contributed by atoms with Gasteiger partial charge in [-0.05, 0) is 31.2 Å². The first kappa shape index (κ1) is 18.1. The van der Waals surface area contributed by atoms with Crippen molar-refractivity contribution < 1.29 is 23.0 Å². The molecule has 136 valence electrons. The summed E-state index contributed by atoms with van der Waals surface area (Å²) in [6.07, 6.45) is 4.19. The number of hydrogen-bond acceptors (Lipinski definition) is 4. The van der Waals surface area contributed by atoms with Crippen LogP contribution < -0.4 is 4.74 Å². The van der Waals surface area contributed by atoms with E-state index in [1.54, 1.807) is 25.3 Å². The first-order chi connectivity index (χ1) is 13.0. The number of rotatable bonds is 5. The molecule has 1 heterocycles. The van der Waals surface area contributed by atoms with E-state index < -0.39 is 17.6 Å². The molecule has 0 spiro atoms. The third-order valence-electron chi connectivity index (χ3n) is 3.75. The SMILES string of the molecule is CCOC(=O)/C=C/c1c(Oc2ccc(F)c(C#N)c2)c(F)cc2[nH]ccc12. The normalized spacial score (nSPS) is 10.9. The molecule has 27 heavy (non-hydrogen) atoms. The third-order valence-corrected chi connectivity index (χ3v) is 3.75. The standard InChI is InChI=1S/C20H14F2N2O3/c1-2-26-19(25)6-4-15-14-7-8-24-18(14)10-17(22)20(15)27-13-3-5-16(21)12(9-13)11-23/h3-10,24H,2H2,1H3/b6-4+. The lowest BCUT2D eigenvalue weighted by atomic mass is 10.1. The van der Waals surface area contributed by atoms with Crippen LogP contribution in [0.1, 0.15) is 18.1 Å². The summed E-state index contributed by atoms with van der Waals surface area (Å²) in [5.74, 6) is -2.03. The van der Waals surface area contributed by atoms with E-state index in [4.69, 9.17) is 14.7 Å². The van der Waals surface area contributed by atoms with Crippen molar-refractivity contribution in [2.75, 3.05) is 6.61 Å². The van der Waals surface area contributed by atoms with Crippen molar-refractivity contribution in [1.82, 2.24) is 4.98 Å². The minimum absolute atomic E-state index is 0.0903. The minimum Gasteiger partial charge on any atom is -0.463 e. The van der Waals surface area contributed by atoms with Gasteiger partial charge in [-0.2, -0.15) is 5.26 Å². The van der Waals surface area contributed by atoms with Gasteiger partial charge in [-0.15, -0.1) is 0 Å². The zero-order valence-electron chi connectivity index (χ0n) is 14.3. The van der Waals surface area contributed by atoms with Gasteiger partial charge in [0.15, 0.2) is 11.6 Å². The Bertz CT molecular complexity index is 1080. The van der Waals surface area contributed by atoms with Crippen molar-refractivity contribution in [3.8, 4) is 17.6 Å². The monoisotopic (exact) mass is 368 g/mol. The van der Waals surface area contributed by atoms with Crippen molar-refractivity contribution in [2.24, 2.45) is 0 Å². The molecule has 0 aliphatic carbocycles. The van der Waals surface area contributed by atoms with Crippen LogP contribution in [-0.2, 0) is 9.53 Å². The number of H-pyrrole nitrogens is 1. The zero-order chi connectivity index (χ0) is 19.4. The number of carbonyl (C=O) groups is 1. The number of aromatic nitrogens is 1. The highest BCUT2D eigenvalue weighted by Crippen LogP contribution is 2.35. The number of hydrogen-bond donors (Lipinski definition) is 1. The van der Waals surface area contributed by atoms with Gasteiger partial charge in [0.1, 0.15) is 17.6 Å². The number of nitrogens with zero attached hydrogens (tertiary/aromatic N) is 1. The summed E-state index contributed by atoms with van der Waals surface area (Å²) in [4.78, 5) is 14.5. The second-order valence-corrected chi connectivity index (χ2v) is 5.48. The van der Waals surface area contributed by atoms with Crippen LogP contribution in [0, 0.1) is 23.0 Å². The molecule has 1 N–H and O–H groups in total. The molecule has 0 fully saturated rings. The van der Waals surface area contributed by atoms with Crippen LogP contribution in [0.4, 0.5) is 8.78 Å². The smallest absolute Gasteiger partial charge is 0.330 e. The van der Waals surface area contributed by atoms with Crippen molar-refractivity contribution in [1.29, 1.82) is 5.26 Å². The molecule has 0 aliphatic heterocycles. The van der Waals surface area contributed by atoms with E-state index in [-0.39, 0.29) is 23.7 Å². The largest absolute Gasteiger partial charge is 0.463 e. The van der Waals surface area contributed by atoms with E-state index in [1.807, 2.05) is 0 Å². The highest BCUT2D eigenvalue weighted by atomic mass is 19.1. The summed E-state index contributed by atoms with van der Waals surface area (Å²) in [6.45, 7) is 1.88. The number of nitrogens with one attached hydrogen (secondary N) is 1. The van der Waals surface area contributed by atoms with E-state index in [0.717, 1.165) is 6.07 Å². The maximum Gasteiger partial charge on any atom is 0.330 e. The lowest BCUT2D eigenvalue weighted by Gasteiger charge is -2.12. The molecule has 0 bridgehead atoms. The quantitative estimate of drug-likeness (QED) is 0.524.